The summed E-state index contributed by atoms with van der Waals surface area (Å²) in [5.41, 5.74) is 7.14. The molecule has 0 bridgehead atoms. The van der Waals surface area contributed by atoms with Crippen molar-refractivity contribution in [3.8, 4) is 5.75 Å². The number of rotatable bonds is 3. The second-order valence-electron chi connectivity index (χ2n) is 5.55. The van der Waals surface area contributed by atoms with Crippen molar-refractivity contribution in [2.75, 3.05) is 26.2 Å². The average Bonchev–Trinajstić information content (AvgIpc) is 2.83. The number of benzene rings is 1. The lowest BCUT2D eigenvalue weighted by molar-refractivity contribution is 0.183. The molecular weight excluding hydrogens is 256 g/mol. The zero-order valence-electron chi connectivity index (χ0n) is 11.0. The van der Waals surface area contributed by atoms with E-state index in [-0.39, 0.29) is 0 Å². The molecule has 2 N–H and O–H groups in total. The zero-order chi connectivity index (χ0) is 13.2. The highest BCUT2D eigenvalue weighted by molar-refractivity contribution is 7.80. The highest BCUT2D eigenvalue weighted by atomic mass is 32.1. The van der Waals surface area contributed by atoms with Gasteiger partial charge in [-0.15, -0.1) is 0 Å². The van der Waals surface area contributed by atoms with Gasteiger partial charge in [-0.1, -0.05) is 30.4 Å². The number of hydrogen-bond acceptors (Lipinski definition) is 3. The Balaban J connectivity index is 1.65. The summed E-state index contributed by atoms with van der Waals surface area (Å²) in [5, 5.41) is 0. The molecule has 1 aromatic rings. The summed E-state index contributed by atoms with van der Waals surface area (Å²) in [5.74, 6) is 1.93. The molecule has 0 amide bonds. The van der Waals surface area contributed by atoms with Crippen LogP contribution in [0.25, 0.3) is 0 Å². The van der Waals surface area contributed by atoms with Crippen molar-refractivity contribution in [3.05, 3.63) is 29.8 Å². The van der Waals surface area contributed by atoms with Crippen molar-refractivity contribution in [1.29, 1.82) is 0 Å². The Bertz CT molecular complexity index is 477. The molecule has 0 aliphatic carbocycles. The highest BCUT2D eigenvalue weighted by Gasteiger charge is 2.28. The van der Waals surface area contributed by atoms with Crippen LogP contribution < -0.4 is 10.5 Å². The Kier molecular flexibility index (Phi) is 3.71. The van der Waals surface area contributed by atoms with Crippen molar-refractivity contribution < 1.29 is 4.74 Å². The molecule has 3 rings (SSSR count). The average molecular weight is 276 g/mol. The molecule has 2 aliphatic rings. The fraction of sp³-hybridized carbons (Fsp3) is 0.533. The molecule has 0 aromatic heterocycles. The normalized spacial score (nSPS) is 26.7. The molecule has 2 heterocycles. The number of nitrogens with zero attached hydrogens (tertiary/aromatic N) is 1. The van der Waals surface area contributed by atoms with Gasteiger partial charge in [0.25, 0.3) is 0 Å². The van der Waals surface area contributed by atoms with E-state index in [9.17, 15) is 0 Å². The van der Waals surface area contributed by atoms with Gasteiger partial charge in [-0.2, -0.15) is 0 Å². The van der Waals surface area contributed by atoms with Crippen LogP contribution in [-0.4, -0.2) is 36.1 Å². The van der Waals surface area contributed by atoms with Crippen molar-refractivity contribution in [2.24, 2.45) is 11.7 Å². The second kappa shape index (κ2) is 5.47. The number of thiocarbonyl (C=S) groups is 1. The number of hydrogen-bond donors (Lipinski definition) is 1. The van der Waals surface area contributed by atoms with Gasteiger partial charge in [-0.05, 0) is 25.5 Å². The Hall–Kier alpha value is -1.13. The molecule has 1 fully saturated rings. The van der Waals surface area contributed by atoms with E-state index in [1.54, 1.807) is 0 Å². The molecule has 1 saturated heterocycles. The molecule has 2 unspecified atom stereocenters. The molecular formula is C15H20N2OS. The molecule has 0 spiro atoms. The Morgan fingerprint density at radius 2 is 2.26 bits per heavy atom. The summed E-state index contributed by atoms with van der Waals surface area (Å²) >= 11 is 5.14. The predicted octanol–water partition coefficient (Wildman–Crippen LogP) is 2.16. The lowest BCUT2D eigenvalue weighted by atomic mass is 9.95. The molecule has 4 heteroatoms. The van der Waals surface area contributed by atoms with Crippen LogP contribution in [-0.2, 0) is 0 Å². The van der Waals surface area contributed by atoms with E-state index in [0.29, 0.717) is 16.8 Å². The first-order chi connectivity index (χ1) is 9.24. The smallest absolute Gasteiger partial charge is 0.122 e. The van der Waals surface area contributed by atoms with Crippen LogP contribution in [0.3, 0.4) is 0 Å². The molecule has 2 atom stereocenters. The predicted molar refractivity (Wildman–Crippen MR) is 80.6 cm³/mol. The Morgan fingerprint density at radius 3 is 3.11 bits per heavy atom. The monoisotopic (exact) mass is 276 g/mol. The first kappa shape index (κ1) is 12.9. The van der Waals surface area contributed by atoms with Gasteiger partial charge < -0.3 is 15.4 Å². The first-order valence-electron chi connectivity index (χ1n) is 6.97. The van der Waals surface area contributed by atoms with E-state index in [0.717, 1.165) is 38.4 Å². The van der Waals surface area contributed by atoms with Crippen LogP contribution in [0.2, 0.25) is 0 Å². The van der Waals surface area contributed by atoms with Crippen LogP contribution in [0.4, 0.5) is 0 Å². The highest BCUT2D eigenvalue weighted by Crippen LogP contribution is 2.34. The van der Waals surface area contributed by atoms with E-state index in [1.165, 1.54) is 12.0 Å². The molecule has 1 aromatic carbocycles. The zero-order valence-corrected chi connectivity index (χ0v) is 11.9. The number of nitrogens with two attached hydrogens (primary N) is 1. The minimum atomic E-state index is 0.390. The second-order valence-corrected chi connectivity index (χ2v) is 6.02. The van der Waals surface area contributed by atoms with Gasteiger partial charge in [0.2, 0.25) is 0 Å². The molecule has 19 heavy (non-hydrogen) atoms. The molecule has 2 aliphatic heterocycles. The van der Waals surface area contributed by atoms with Gasteiger partial charge in [-0.25, -0.2) is 0 Å². The van der Waals surface area contributed by atoms with Gasteiger partial charge in [-0.3, -0.25) is 0 Å². The third kappa shape index (κ3) is 2.74. The molecule has 102 valence electrons. The quantitative estimate of drug-likeness (QED) is 0.859. The largest absolute Gasteiger partial charge is 0.493 e. The third-order valence-corrected chi connectivity index (χ3v) is 4.52. The van der Waals surface area contributed by atoms with Gasteiger partial charge in [0.05, 0.1) is 11.6 Å². The van der Waals surface area contributed by atoms with Crippen LogP contribution in [0.15, 0.2) is 24.3 Å². The van der Waals surface area contributed by atoms with Gasteiger partial charge in [0.1, 0.15) is 5.75 Å². The van der Waals surface area contributed by atoms with Gasteiger partial charge in [0.15, 0.2) is 0 Å². The van der Waals surface area contributed by atoms with Crippen LogP contribution in [0.1, 0.15) is 24.3 Å². The summed E-state index contributed by atoms with van der Waals surface area (Å²) < 4.78 is 5.75. The topological polar surface area (TPSA) is 38.5 Å². The molecule has 0 radical (unpaired) electrons. The number of likely N-dealkylation sites (tertiary alicyclic amines) is 1. The molecule has 3 nitrogen and oxygen atoms in total. The van der Waals surface area contributed by atoms with Crippen molar-refractivity contribution >= 4 is 17.2 Å². The maximum atomic E-state index is 5.79. The summed E-state index contributed by atoms with van der Waals surface area (Å²) in [4.78, 5) is 3.16. The minimum Gasteiger partial charge on any atom is -0.493 e. The Labute approximate surface area is 119 Å². The summed E-state index contributed by atoms with van der Waals surface area (Å²) in [7, 11) is 0. The Morgan fingerprint density at radius 1 is 1.42 bits per heavy atom. The SMILES string of the molecule is NC(=S)C1CCCN(CC2COc3ccccc32)C1. The lowest BCUT2D eigenvalue weighted by Gasteiger charge is -2.33. The van der Waals surface area contributed by atoms with Gasteiger partial charge >= 0.3 is 0 Å². The molecule has 0 saturated carbocycles. The van der Waals surface area contributed by atoms with Crippen LogP contribution in [0.5, 0.6) is 5.75 Å². The summed E-state index contributed by atoms with van der Waals surface area (Å²) in [6.45, 7) is 4.01. The standard InChI is InChI=1S/C15H20N2OS/c16-15(19)11-4-3-7-17(8-11)9-12-10-18-14-6-2-1-5-13(12)14/h1-2,5-6,11-12H,3-4,7-10H2,(H2,16,19). The van der Waals surface area contributed by atoms with E-state index in [1.807, 2.05) is 6.07 Å². The fourth-order valence-electron chi connectivity index (χ4n) is 3.15. The van der Waals surface area contributed by atoms with Crippen molar-refractivity contribution in [3.63, 3.8) is 0 Å². The summed E-state index contributed by atoms with van der Waals surface area (Å²) in [6, 6.07) is 8.37. The van der Waals surface area contributed by atoms with E-state index < -0.39 is 0 Å². The van der Waals surface area contributed by atoms with Gasteiger partial charge in [0, 0.05) is 30.5 Å². The van der Waals surface area contributed by atoms with Crippen LogP contribution in [0, 0.1) is 5.92 Å². The number of fused-ring (bicyclic) bond motifs is 1. The maximum absolute atomic E-state index is 5.79. The third-order valence-electron chi connectivity index (χ3n) is 4.19. The van der Waals surface area contributed by atoms with Crippen molar-refractivity contribution in [2.45, 2.75) is 18.8 Å². The van der Waals surface area contributed by atoms with E-state index >= 15 is 0 Å². The maximum Gasteiger partial charge on any atom is 0.122 e. The number of piperidine rings is 1. The van der Waals surface area contributed by atoms with E-state index in [2.05, 4.69) is 23.1 Å². The minimum absolute atomic E-state index is 0.390. The van der Waals surface area contributed by atoms with Crippen LogP contribution >= 0.6 is 12.2 Å². The fourth-order valence-corrected chi connectivity index (χ4v) is 3.34. The van der Waals surface area contributed by atoms with Crippen molar-refractivity contribution in [1.82, 2.24) is 4.90 Å². The first-order valence-corrected chi connectivity index (χ1v) is 7.38. The number of ether oxygens (including phenoxy) is 1. The van der Waals surface area contributed by atoms with E-state index in [4.69, 9.17) is 22.7 Å². The number of para-hydroxylation sites is 1. The lowest BCUT2D eigenvalue weighted by Crippen LogP contribution is -2.42. The summed E-state index contributed by atoms with van der Waals surface area (Å²) in [6.07, 6.45) is 2.33.